The number of aliphatic carboxylic acids is 1. The van der Waals surface area contributed by atoms with E-state index >= 15 is 0 Å². The van der Waals surface area contributed by atoms with Crippen molar-refractivity contribution in [3.05, 3.63) is 29.3 Å². The van der Waals surface area contributed by atoms with E-state index in [2.05, 4.69) is 0 Å². The van der Waals surface area contributed by atoms with Gasteiger partial charge in [-0.2, -0.15) is 0 Å². The van der Waals surface area contributed by atoms with E-state index in [-0.39, 0.29) is 11.8 Å². The number of carboxylic acids is 1. The van der Waals surface area contributed by atoms with Crippen LogP contribution in [-0.4, -0.2) is 34.7 Å². The monoisotopic (exact) mass is 251 g/mol. The zero-order valence-electron chi connectivity index (χ0n) is 11.3. The molecule has 0 saturated carbocycles. The van der Waals surface area contributed by atoms with Crippen molar-refractivity contribution in [2.75, 3.05) is 13.6 Å². The quantitative estimate of drug-likeness (QED) is 0.843. The Morgan fingerprint density at radius 1 is 1.39 bits per heavy atom. The lowest BCUT2D eigenvalue weighted by molar-refractivity contribution is -0.141. The molecule has 0 bridgehead atoms. The molecule has 0 aliphatic carbocycles. The Hall–Kier alpha value is -1.55. The van der Waals surface area contributed by atoms with Crippen LogP contribution in [0.25, 0.3) is 0 Å². The Morgan fingerprint density at radius 2 is 2.00 bits per heavy atom. The normalized spacial score (nSPS) is 14.5. The predicted octanol–water partition coefficient (Wildman–Crippen LogP) is 2.41. The van der Waals surface area contributed by atoms with Crippen LogP contribution in [0.5, 0.6) is 5.75 Å². The number of hydrogen-bond acceptors (Lipinski definition) is 3. The molecule has 1 aromatic carbocycles. The van der Waals surface area contributed by atoms with E-state index in [9.17, 15) is 9.90 Å². The van der Waals surface area contributed by atoms with Gasteiger partial charge in [-0.15, -0.1) is 0 Å². The number of nitrogens with zero attached hydrogens (tertiary/aromatic N) is 1. The molecule has 2 N–H and O–H groups in total. The summed E-state index contributed by atoms with van der Waals surface area (Å²) in [6.07, 6.45) is 0. The molecular weight excluding hydrogens is 230 g/mol. The molecule has 1 rings (SSSR count). The van der Waals surface area contributed by atoms with Gasteiger partial charge < -0.3 is 10.2 Å². The smallest absolute Gasteiger partial charge is 0.307 e. The summed E-state index contributed by atoms with van der Waals surface area (Å²) in [4.78, 5) is 12.8. The number of rotatable bonds is 5. The maximum Gasteiger partial charge on any atom is 0.307 e. The average molecular weight is 251 g/mol. The molecule has 18 heavy (non-hydrogen) atoms. The molecular formula is C14H21NO3. The summed E-state index contributed by atoms with van der Waals surface area (Å²) in [6, 6.07) is 5.44. The van der Waals surface area contributed by atoms with Crippen LogP contribution >= 0.6 is 0 Å². The minimum absolute atomic E-state index is 0.0216. The second-order valence-corrected chi connectivity index (χ2v) is 4.92. The molecule has 0 radical (unpaired) electrons. The molecule has 0 fully saturated rings. The maximum absolute atomic E-state index is 10.8. The van der Waals surface area contributed by atoms with Crippen LogP contribution in [0.1, 0.15) is 31.0 Å². The fourth-order valence-corrected chi connectivity index (χ4v) is 1.91. The van der Waals surface area contributed by atoms with Gasteiger partial charge in [0.2, 0.25) is 0 Å². The highest BCUT2D eigenvalue weighted by Crippen LogP contribution is 2.28. The van der Waals surface area contributed by atoms with E-state index in [4.69, 9.17) is 5.11 Å². The zero-order chi connectivity index (χ0) is 13.9. The number of hydrogen-bond donors (Lipinski definition) is 2. The molecule has 0 aromatic heterocycles. The van der Waals surface area contributed by atoms with Crippen molar-refractivity contribution in [3.63, 3.8) is 0 Å². The Balaban J connectivity index is 2.82. The highest BCUT2D eigenvalue weighted by atomic mass is 16.4. The first-order valence-electron chi connectivity index (χ1n) is 6.05. The van der Waals surface area contributed by atoms with E-state index in [1.165, 1.54) is 0 Å². The second kappa shape index (κ2) is 5.87. The van der Waals surface area contributed by atoms with Crippen molar-refractivity contribution in [1.82, 2.24) is 4.90 Å². The standard InChI is InChI=1S/C14H21NO3/c1-9-5-6-13(16)12(7-9)11(3)15(4)8-10(2)14(17)18/h5-7,10-11,16H,8H2,1-4H3,(H,17,18). The zero-order valence-corrected chi connectivity index (χ0v) is 11.3. The number of phenolic OH excluding ortho intramolecular Hbond substituents is 1. The van der Waals surface area contributed by atoms with Crippen molar-refractivity contribution in [1.29, 1.82) is 0 Å². The predicted molar refractivity (Wildman–Crippen MR) is 70.7 cm³/mol. The van der Waals surface area contributed by atoms with Crippen LogP contribution < -0.4 is 0 Å². The molecule has 0 aliphatic heterocycles. The lowest BCUT2D eigenvalue weighted by atomic mass is 10.0. The van der Waals surface area contributed by atoms with Crippen LogP contribution in [0.2, 0.25) is 0 Å². The number of aromatic hydroxyl groups is 1. The van der Waals surface area contributed by atoms with Crippen molar-refractivity contribution < 1.29 is 15.0 Å². The summed E-state index contributed by atoms with van der Waals surface area (Å²) in [5, 5.41) is 18.8. The summed E-state index contributed by atoms with van der Waals surface area (Å²) in [5.74, 6) is -0.977. The first kappa shape index (κ1) is 14.5. The number of benzene rings is 1. The first-order chi connectivity index (χ1) is 8.32. The molecule has 2 atom stereocenters. The van der Waals surface area contributed by atoms with Gasteiger partial charge in [-0.3, -0.25) is 9.69 Å². The topological polar surface area (TPSA) is 60.8 Å². The van der Waals surface area contributed by atoms with Crippen LogP contribution in [0.4, 0.5) is 0 Å². The fourth-order valence-electron chi connectivity index (χ4n) is 1.91. The largest absolute Gasteiger partial charge is 0.508 e. The van der Waals surface area contributed by atoms with E-state index in [1.807, 2.05) is 37.9 Å². The van der Waals surface area contributed by atoms with Crippen molar-refractivity contribution in [2.24, 2.45) is 5.92 Å². The van der Waals surface area contributed by atoms with Crippen LogP contribution in [0.3, 0.4) is 0 Å². The van der Waals surface area contributed by atoms with Gasteiger partial charge in [0, 0.05) is 18.2 Å². The third kappa shape index (κ3) is 3.47. The summed E-state index contributed by atoms with van der Waals surface area (Å²) in [7, 11) is 1.87. The van der Waals surface area contributed by atoms with Crippen LogP contribution in [-0.2, 0) is 4.79 Å². The second-order valence-electron chi connectivity index (χ2n) is 4.92. The maximum atomic E-state index is 10.8. The lowest BCUT2D eigenvalue weighted by Gasteiger charge is -2.27. The van der Waals surface area contributed by atoms with E-state index in [0.29, 0.717) is 6.54 Å². The number of carboxylic acid groups (broad SMARTS) is 1. The van der Waals surface area contributed by atoms with E-state index < -0.39 is 11.9 Å². The summed E-state index contributed by atoms with van der Waals surface area (Å²) in [6.45, 7) is 6.06. The first-order valence-corrected chi connectivity index (χ1v) is 6.05. The van der Waals surface area contributed by atoms with Gasteiger partial charge >= 0.3 is 5.97 Å². The van der Waals surface area contributed by atoms with Gasteiger partial charge in [0.15, 0.2) is 0 Å². The van der Waals surface area contributed by atoms with Crippen molar-refractivity contribution >= 4 is 5.97 Å². The number of phenols is 1. The third-order valence-corrected chi connectivity index (χ3v) is 3.28. The minimum atomic E-state index is -0.803. The van der Waals surface area contributed by atoms with Gasteiger partial charge in [-0.05, 0) is 27.0 Å². The van der Waals surface area contributed by atoms with Gasteiger partial charge in [0.05, 0.1) is 5.92 Å². The molecule has 0 amide bonds. The summed E-state index contributed by atoms with van der Waals surface area (Å²) < 4.78 is 0. The summed E-state index contributed by atoms with van der Waals surface area (Å²) >= 11 is 0. The van der Waals surface area contributed by atoms with Gasteiger partial charge in [0.1, 0.15) is 5.75 Å². The van der Waals surface area contributed by atoms with Crippen molar-refractivity contribution in [2.45, 2.75) is 26.8 Å². The Bertz CT molecular complexity index is 431. The molecule has 0 aliphatic rings. The lowest BCUT2D eigenvalue weighted by Crippen LogP contribution is -2.30. The molecule has 0 saturated heterocycles. The number of aryl methyl sites for hydroxylation is 1. The molecule has 4 nitrogen and oxygen atoms in total. The molecule has 0 spiro atoms. The SMILES string of the molecule is Cc1ccc(O)c(C(C)N(C)CC(C)C(=O)O)c1. The average Bonchev–Trinajstić information content (AvgIpc) is 2.31. The van der Waals surface area contributed by atoms with E-state index in [0.717, 1.165) is 11.1 Å². The molecule has 0 heterocycles. The number of carbonyl (C=O) groups is 1. The van der Waals surface area contributed by atoms with Crippen LogP contribution in [0.15, 0.2) is 18.2 Å². The van der Waals surface area contributed by atoms with E-state index in [1.54, 1.807) is 13.0 Å². The van der Waals surface area contributed by atoms with Gasteiger partial charge in [0.25, 0.3) is 0 Å². The Kier molecular flexibility index (Phi) is 4.73. The minimum Gasteiger partial charge on any atom is -0.508 e. The van der Waals surface area contributed by atoms with Gasteiger partial charge in [-0.25, -0.2) is 0 Å². The van der Waals surface area contributed by atoms with Crippen molar-refractivity contribution in [3.8, 4) is 5.75 Å². The highest BCUT2D eigenvalue weighted by Gasteiger charge is 2.20. The van der Waals surface area contributed by atoms with Crippen LogP contribution in [0, 0.1) is 12.8 Å². The Labute approximate surface area is 108 Å². The third-order valence-electron chi connectivity index (χ3n) is 3.28. The Morgan fingerprint density at radius 3 is 2.56 bits per heavy atom. The highest BCUT2D eigenvalue weighted by molar-refractivity contribution is 5.69. The molecule has 1 aromatic rings. The molecule has 4 heteroatoms. The molecule has 2 unspecified atom stereocenters. The fraction of sp³-hybridized carbons (Fsp3) is 0.500. The summed E-state index contributed by atoms with van der Waals surface area (Å²) in [5.41, 5.74) is 1.91. The molecule has 100 valence electrons. The van der Waals surface area contributed by atoms with Gasteiger partial charge in [-0.1, -0.05) is 24.6 Å².